The maximum atomic E-state index is 5.60. The second-order valence-corrected chi connectivity index (χ2v) is 3.62. The average molecular weight is 241 g/mol. The summed E-state index contributed by atoms with van der Waals surface area (Å²) in [5, 5.41) is 0. The molecule has 0 amide bonds. The predicted molar refractivity (Wildman–Crippen MR) is 27.9 cm³/mol. The van der Waals surface area contributed by atoms with E-state index in [4.69, 9.17) is 8.91 Å². The van der Waals surface area contributed by atoms with Crippen molar-refractivity contribution in [2.75, 3.05) is 0 Å². The Bertz CT molecular complexity index is 154. The van der Waals surface area contributed by atoms with Gasteiger partial charge in [-0.3, -0.25) is 0 Å². The molecule has 1 aromatic rings. The van der Waals surface area contributed by atoms with Crippen LogP contribution in [0, 0.1) is 0 Å². The fourth-order valence-electron chi connectivity index (χ4n) is 0.420. The molecule has 1 aromatic heterocycles. The first-order valence-corrected chi connectivity index (χ1v) is 5.86. The fraction of sp³-hybridized carbons (Fsp3) is 0. The van der Waals surface area contributed by atoms with Crippen molar-refractivity contribution < 1.29 is 23.1 Å². The van der Waals surface area contributed by atoms with Crippen molar-refractivity contribution in [2.45, 2.75) is 0 Å². The molecule has 0 aliphatic heterocycles. The molecule has 0 fully saturated rings. The van der Waals surface area contributed by atoms with E-state index in [0.29, 0.717) is 0 Å². The molecule has 0 radical (unpaired) electrons. The van der Waals surface area contributed by atoms with Gasteiger partial charge in [-0.1, -0.05) is 0 Å². The van der Waals surface area contributed by atoms with Crippen LogP contribution in [0.4, 0.5) is 0 Å². The molecule has 0 aromatic carbocycles. The van der Waals surface area contributed by atoms with Crippen LogP contribution in [0.2, 0.25) is 0 Å². The Morgan fingerprint density at radius 1 is 1.12 bits per heavy atom. The van der Waals surface area contributed by atoms with E-state index in [-0.39, 0.29) is 20.4 Å². The van der Waals surface area contributed by atoms with E-state index in [0.717, 1.165) is 0 Å². The van der Waals surface area contributed by atoms with Crippen LogP contribution < -0.4 is 23.1 Å². The van der Waals surface area contributed by atoms with Crippen LogP contribution in [0.5, 0.6) is 0 Å². The predicted octanol–water partition coefficient (Wildman–Crippen LogP) is -2.02. The molecule has 0 bridgehead atoms. The number of rotatable bonds is 1. The van der Waals surface area contributed by atoms with Crippen LogP contribution in [0.25, 0.3) is 0 Å². The minimum atomic E-state index is -0.302. The zero-order chi connectivity index (χ0) is 5.82. The van der Waals surface area contributed by atoms with E-state index in [9.17, 15) is 0 Å². The molecule has 1 heterocycles. The number of hydrogen-bond donors (Lipinski definition) is 0. The van der Waals surface area contributed by atoms with E-state index >= 15 is 0 Å². The molecule has 8 heavy (non-hydrogen) atoms. The molecule has 0 atom stereocenters. The Morgan fingerprint density at radius 3 is 2.12 bits per heavy atom. The second-order valence-electron chi connectivity index (χ2n) is 1.28. The Labute approximate surface area is 62.6 Å². The van der Waals surface area contributed by atoms with Crippen LogP contribution >= 0.6 is 8.91 Å². The third kappa shape index (κ3) is 1.59. The molecule has 0 saturated carbocycles. The normalized spacial score (nSPS) is 9.62. The quantitative estimate of drug-likeness (QED) is 0.500. The van der Waals surface area contributed by atoms with Crippen molar-refractivity contribution in [3.8, 4) is 0 Å². The van der Waals surface area contributed by atoms with Gasteiger partial charge in [0.1, 0.15) is 0 Å². The van der Waals surface area contributed by atoms with Crippen LogP contribution in [-0.4, -0.2) is 0 Å². The molecule has 3 heteroatoms. The molecule has 0 aliphatic carbocycles. The molecule has 0 spiro atoms. The number of aromatic nitrogens is 1. The number of hydrogen-bond acceptors (Lipinski definition) is 0. The summed E-state index contributed by atoms with van der Waals surface area (Å²) in [4.78, 5) is 0. The van der Waals surface area contributed by atoms with Crippen LogP contribution in [-0.2, 0) is 0 Å². The Morgan fingerprint density at radius 2 is 1.75 bits per heavy atom. The van der Waals surface area contributed by atoms with E-state index in [2.05, 4.69) is 0 Å². The number of nitrogens with zero attached hydrogens (tertiary/aromatic N) is 1. The summed E-state index contributed by atoms with van der Waals surface area (Å²) in [6.07, 6.45) is 3.94. The minimum absolute atomic E-state index is 0.302. The Hall–Kier alpha value is 0.170. The van der Waals surface area contributed by atoms with Gasteiger partial charge in [0.25, 0.3) is 0 Å². The zero-order valence-electron chi connectivity index (χ0n) is 4.09. The first-order valence-electron chi connectivity index (χ1n) is 2.16. The van der Waals surface area contributed by atoms with E-state index in [1.165, 1.54) is 0 Å². The second kappa shape index (κ2) is 3.25. The molecule has 0 unspecified atom stereocenters. The summed E-state index contributed by atoms with van der Waals surface area (Å²) in [5.41, 5.74) is 0. The van der Waals surface area contributed by atoms with Crippen molar-refractivity contribution in [3.05, 3.63) is 30.6 Å². The maximum absolute atomic E-state index is 5.60. The third-order valence-corrected chi connectivity index (χ3v) is 2.81. The third-order valence-electron chi connectivity index (χ3n) is 0.753. The molecule has 0 N–H and O–H groups in total. The van der Waals surface area contributed by atoms with E-state index in [1.54, 1.807) is 0 Å². The van der Waals surface area contributed by atoms with Crippen molar-refractivity contribution in [2.24, 2.45) is 0 Å². The van der Waals surface area contributed by atoms with E-state index < -0.39 is 0 Å². The fourth-order valence-corrected chi connectivity index (χ4v) is 1.61. The molecule has 0 saturated heterocycles. The van der Waals surface area contributed by atoms with Gasteiger partial charge in [-0.05, 0) is 0 Å². The van der Waals surface area contributed by atoms with Gasteiger partial charge in [0.05, 0.1) is 0 Å². The summed E-state index contributed by atoms with van der Waals surface area (Å²) in [7, 11) is 5.60. The van der Waals surface area contributed by atoms with Gasteiger partial charge in [-0.25, -0.2) is 0 Å². The van der Waals surface area contributed by atoms with Crippen LogP contribution in [0.15, 0.2) is 30.6 Å². The van der Waals surface area contributed by atoms with Gasteiger partial charge in [-0.15, -0.1) is 0 Å². The topological polar surface area (TPSA) is 3.88 Å². The van der Waals surface area contributed by atoms with Crippen molar-refractivity contribution >= 4 is 8.91 Å². The zero-order valence-corrected chi connectivity index (χ0v) is 7.00. The van der Waals surface area contributed by atoms with Gasteiger partial charge in [0, 0.05) is 0 Å². The first kappa shape index (κ1) is 6.29. The molecule has 1 rings (SSSR count). The summed E-state index contributed by atoms with van der Waals surface area (Å²) >= 11 is -0.302. The van der Waals surface area contributed by atoms with Gasteiger partial charge >= 0.3 is 62.6 Å². The molecular formula is C5H5ClIN. The molecular weight excluding hydrogens is 236 g/mol. The van der Waals surface area contributed by atoms with Crippen molar-refractivity contribution in [1.82, 2.24) is 0 Å². The number of pyridine rings is 1. The SMILES string of the molecule is Cl[I-][n+]1ccccc1. The van der Waals surface area contributed by atoms with Gasteiger partial charge < -0.3 is 0 Å². The van der Waals surface area contributed by atoms with Gasteiger partial charge in [-0.2, -0.15) is 0 Å². The number of halogens is 2. The standard InChI is InChI=1S/C5H5ClIN/c6-7-8-4-2-1-3-5-8/h1-5H. The summed E-state index contributed by atoms with van der Waals surface area (Å²) in [6.45, 7) is 0. The summed E-state index contributed by atoms with van der Waals surface area (Å²) in [5.74, 6) is 0. The Kier molecular flexibility index (Phi) is 2.55. The van der Waals surface area contributed by atoms with Crippen LogP contribution in [0.3, 0.4) is 0 Å². The summed E-state index contributed by atoms with van der Waals surface area (Å²) < 4.78 is 2.00. The Balaban J connectivity index is 2.83. The summed E-state index contributed by atoms with van der Waals surface area (Å²) in [6, 6.07) is 5.93. The average Bonchev–Trinajstić information content (AvgIpc) is 1.90. The van der Waals surface area contributed by atoms with E-state index in [1.807, 2.05) is 33.4 Å². The van der Waals surface area contributed by atoms with Crippen molar-refractivity contribution in [1.29, 1.82) is 0 Å². The van der Waals surface area contributed by atoms with Crippen molar-refractivity contribution in [3.63, 3.8) is 0 Å². The monoisotopic (exact) mass is 241 g/mol. The molecule has 44 valence electrons. The van der Waals surface area contributed by atoms with Gasteiger partial charge in [0.15, 0.2) is 0 Å². The van der Waals surface area contributed by atoms with Crippen LogP contribution in [0.1, 0.15) is 0 Å². The van der Waals surface area contributed by atoms with Gasteiger partial charge in [0.2, 0.25) is 0 Å². The molecule has 0 aliphatic rings. The molecule has 1 nitrogen and oxygen atoms in total. The first-order chi connectivity index (χ1) is 3.93.